The molecule has 0 saturated heterocycles. The fourth-order valence-corrected chi connectivity index (χ4v) is 2.37. The molecule has 0 saturated carbocycles. The van der Waals surface area contributed by atoms with E-state index in [0.717, 1.165) is 0 Å². The van der Waals surface area contributed by atoms with Gasteiger partial charge in [-0.1, -0.05) is 41.6 Å². The third kappa shape index (κ3) is 3.65. The number of carbonyl (C=O) groups is 2. The number of hydrogen-bond acceptors (Lipinski definition) is 6. The maximum absolute atomic E-state index is 12.6. The van der Waals surface area contributed by atoms with Crippen molar-refractivity contribution in [3.8, 4) is 17.5 Å². The van der Waals surface area contributed by atoms with Gasteiger partial charge in [0.1, 0.15) is 0 Å². The Hall–Kier alpha value is -3.79. The third-order valence-electron chi connectivity index (χ3n) is 3.63. The van der Waals surface area contributed by atoms with Crippen LogP contribution in [0, 0.1) is 24.2 Å². The van der Waals surface area contributed by atoms with Crippen molar-refractivity contribution in [1.29, 1.82) is 5.26 Å². The number of hydrogen-bond donors (Lipinski definition) is 1. The highest BCUT2D eigenvalue weighted by Crippen LogP contribution is 2.20. The maximum Gasteiger partial charge on any atom is 0.249 e. The number of amides is 1. The van der Waals surface area contributed by atoms with Crippen LogP contribution >= 0.6 is 0 Å². The average Bonchev–Trinajstić information content (AvgIpc) is 3.09. The Balaban J connectivity index is 1.83. The smallest absolute Gasteiger partial charge is 0.249 e. The fourth-order valence-electron chi connectivity index (χ4n) is 2.37. The molecule has 0 spiro atoms. The summed E-state index contributed by atoms with van der Waals surface area (Å²) in [5, 5.41) is 15.7. The van der Waals surface area contributed by atoms with Crippen molar-refractivity contribution < 1.29 is 14.1 Å². The molecule has 7 heteroatoms. The Bertz CT molecular complexity index is 989. The van der Waals surface area contributed by atoms with Crippen molar-refractivity contribution in [3.05, 3.63) is 66.1 Å². The van der Waals surface area contributed by atoms with Crippen LogP contribution in [0.1, 0.15) is 16.2 Å². The number of rotatable bonds is 5. The predicted molar refractivity (Wildman–Crippen MR) is 93.0 cm³/mol. The molecule has 0 aliphatic carbocycles. The van der Waals surface area contributed by atoms with Crippen molar-refractivity contribution in [2.75, 3.05) is 5.32 Å². The van der Waals surface area contributed by atoms with E-state index in [1.165, 1.54) is 6.07 Å². The molecule has 1 aromatic heterocycles. The topological polar surface area (TPSA) is 109 Å². The summed E-state index contributed by atoms with van der Waals surface area (Å²) >= 11 is 0. The molecule has 0 fully saturated rings. The van der Waals surface area contributed by atoms with Gasteiger partial charge in [0, 0.05) is 23.7 Å². The minimum atomic E-state index is -1.46. The largest absolute Gasteiger partial charge is 0.339 e. The van der Waals surface area contributed by atoms with Gasteiger partial charge in [0.05, 0.1) is 6.07 Å². The molecule has 0 aliphatic heterocycles. The van der Waals surface area contributed by atoms with Gasteiger partial charge in [0.15, 0.2) is 11.7 Å². The van der Waals surface area contributed by atoms with Crippen LogP contribution < -0.4 is 5.32 Å². The van der Waals surface area contributed by atoms with Gasteiger partial charge >= 0.3 is 0 Å². The van der Waals surface area contributed by atoms with E-state index in [9.17, 15) is 14.9 Å². The van der Waals surface area contributed by atoms with E-state index in [4.69, 9.17) is 4.52 Å². The van der Waals surface area contributed by atoms with Crippen molar-refractivity contribution in [2.45, 2.75) is 6.92 Å². The summed E-state index contributed by atoms with van der Waals surface area (Å²) in [6, 6.07) is 16.8. The third-order valence-corrected chi connectivity index (χ3v) is 3.63. The number of Topliss-reactive ketones (excluding diaryl/α,β-unsaturated/α-hetero) is 1. The number of nitriles is 1. The van der Waals surface area contributed by atoms with Crippen LogP contribution in [0.2, 0.25) is 0 Å². The zero-order valence-corrected chi connectivity index (χ0v) is 13.8. The standard InChI is InChI=1S/C19H14N4O3/c1-12-21-18(23-26-12)14-7-5-6-13(10-14)17(24)16(11-20)19(25)22-15-8-3-2-4-9-15/h2-10,16H,1H3,(H,22,25). The molecule has 2 aromatic carbocycles. The van der Waals surface area contributed by atoms with Crippen LogP contribution in [0.3, 0.4) is 0 Å². The Morgan fingerprint density at radius 3 is 2.58 bits per heavy atom. The van der Waals surface area contributed by atoms with E-state index in [-0.39, 0.29) is 5.56 Å². The molecule has 1 unspecified atom stereocenters. The number of benzene rings is 2. The lowest BCUT2D eigenvalue weighted by Gasteiger charge is -2.10. The number of anilines is 1. The second-order valence-electron chi connectivity index (χ2n) is 5.50. The lowest BCUT2D eigenvalue weighted by molar-refractivity contribution is -0.117. The fraction of sp³-hybridized carbons (Fsp3) is 0.105. The van der Waals surface area contributed by atoms with Crippen LogP contribution in [-0.4, -0.2) is 21.8 Å². The Morgan fingerprint density at radius 2 is 1.92 bits per heavy atom. The van der Waals surface area contributed by atoms with Gasteiger partial charge in [-0.15, -0.1) is 0 Å². The first kappa shape index (κ1) is 17.0. The number of para-hydroxylation sites is 1. The summed E-state index contributed by atoms with van der Waals surface area (Å²) in [7, 11) is 0. The van der Waals surface area contributed by atoms with Crippen LogP contribution in [-0.2, 0) is 4.79 Å². The molecule has 1 heterocycles. The number of ketones is 1. The number of carbonyl (C=O) groups excluding carboxylic acids is 2. The zero-order valence-electron chi connectivity index (χ0n) is 13.8. The molecule has 0 bridgehead atoms. The number of aromatic nitrogens is 2. The lowest BCUT2D eigenvalue weighted by Crippen LogP contribution is -2.28. The van der Waals surface area contributed by atoms with Crippen molar-refractivity contribution in [3.63, 3.8) is 0 Å². The minimum Gasteiger partial charge on any atom is -0.339 e. The molecule has 0 radical (unpaired) electrons. The van der Waals surface area contributed by atoms with Crippen LogP contribution in [0.5, 0.6) is 0 Å². The van der Waals surface area contributed by atoms with Crippen molar-refractivity contribution in [1.82, 2.24) is 10.1 Å². The second kappa shape index (κ2) is 7.40. The highest BCUT2D eigenvalue weighted by molar-refractivity contribution is 6.15. The van der Waals surface area contributed by atoms with E-state index >= 15 is 0 Å². The first-order chi connectivity index (χ1) is 12.6. The summed E-state index contributed by atoms with van der Waals surface area (Å²) in [6.07, 6.45) is 0. The van der Waals surface area contributed by atoms with Crippen molar-refractivity contribution >= 4 is 17.4 Å². The van der Waals surface area contributed by atoms with Crippen LogP contribution in [0.25, 0.3) is 11.4 Å². The summed E-state index contributed by atoms with van der Waals surface area (Å²) in [6.45, 7) is 1.66. The highest BCUT2D eigenvalue weighted by atomic mass is 16.5. The average molecular weight is 346 g/mol. The molecule has 128 valence electrons. The molecule has 26 heavy (non-hydrogen) atoms. The Labute approximate surface area is 149 Å². The number of nitrogens with zero attached hydrogens (tertiary/aromatic N) is 3. The van der Waals surface area contributed by atoms with Gasteiger partial charge in [0.2, 0.25) is 17.6 Å². The molecular formula is C19H14N4O3. The van der Waals surface area contributed by atoms with Gasteiger partial charge in [-0.25, -0.2) is 0 Å². The number of aryl methyl sites for hydroxylation is 1. The Kier molecular flexibility index (Phi) is 4.85. The van der Waals surface area contributed by atoms with E-state index in [2.05, 4.69) is 15.5 Å². The Morgan fingerprint density at radius 1 is 1.15 bits per heavy atom. The zero-order chi connectivity index (χ0) is 18.5. The monoisotopic (exact) mass is 346 g/mol. The van der Waals surface area contributed by atoms with Gasteiger partial charge in [-0.3, -0.25) is 9.59 Å². The van der Waals surface area contributed by atoms with E-state index in [0.29, 0.717) is 23.0 Å². The highest BCUT2D eigenvalue weighted by Gasteiger charge is 2.28. The SMILES string of the molecule is Cc1nc(-c2cccc(C(=O)C(C#N)C(=O)Nc3ccccc3)c2)no1. The summed E-state index contributed by atoms with van der Waals surface area (Å²) in [5.41, 5.74) is 1.30. The summed E-state index contributed by atoms with van der Waals surface area (Å²) in [5.74, 6) is -2.00. The number of nitrogens with one attached hydrogen (secondary N) is 1. The molecule has 3 rings (SSSR count). The second-order valence-corrected chi connectivity index (χ2v) is 5.50. The van der Waals surface area contributed by atoms with Gasteiger partial charge in [0.25, 0.3) is 0 Å². The quantitative estimate of drug-likeness (QED) is 0.562. The molecule has 0 aliphatic rings. The molecule has 1 N–H and O–H groups in total. The molecule has 3 aromatic rings. The lowest BCUT2D eigenvalue weighted by atomic mass is 9.96. The van der Waals surface area contributed by atoms with Crippen molar-refractivity contribution in [2.24, 2.45) is 5.92 Å². The van der Waals surface area contributed by atoms with Gasteiger partial charge in [-0.2, -0.15) is 10.2 Å². The molecular weight excluding hydrogens is 332 g/mol. The maximum atomic E-state index is 12.6. The predicted octanol–water partition coefficient (Wildman–Crippen LogP) is 3.01. The van der Waals surface area contributed by atoms with Crippen LogP contribution in [0.4, 0.5) is 5.69 Å². The summed E-state index contributed by atoms with van der Waals surface area (Å²) < 4.78 is 4.93. The van der Waals surface area contributed by atoms with Crippen LogP contribution in [0.15, 0.2) is 59.1 Å². The normalized spacial score (nSPS) is 11.4. The van der Waals surface area contributed by atoms with E-state index in [1.807, 2.05) is 0 Å². The minimum absolute atomic E-state index is 0.222. The van der Waals surface area contributed by atoms with Gasteiger partial charge < -0.3 is 9.84 Å². The molecule has 1 amide bonds. The van der Waals surface area contributed by atoms with Gasteiger partial charge in [-0.05, 0) is 18.2 Å². The first-order valence-electron chi connectivity index (χ1n) is 7.79. The molecule has 7 nitrogen and oxygen atoms in total. The van der Waals surface area contributed by atoms with E-state index in [1.54, 1.807) is 61.5 Å². The molecule has 1 atom stereocenters. The van der Waals surface area contributed by atoms with E-state index < -0.39 is 17.6 Å². The summed E-state index contributed by atoms with van der Waals surface area (Å²) in [4.78, 5) is 29.1. The first-order valence-corrected chi connectivity index (χ1v) is 7.79.